The topological polar surface area (TPSA) is 79.4 Å². The molecule has 2 aromatic rings. The number of fused-ring (bicyclic) bond motifs is 1. The van der Waals surface area contributed by atoms with Gasteiger partial charge in [0.1, 0.15) is 5.75 Å². The van der Waals surface area contributed by atoms with E-state index in [9.17, 15) is 4.79 Å². The fourth-order valence-corrected chi connectivity index (χ4v) is 3.70. The van der Waals surface area contributed by atoms with Crippen LogP contribution in [-0.4, -0.2) is 29.4 Å². The monoisotopic (exact) mass is 368 g/mol. The Balaban J connectivity index is 1.64. The van der Waals surface area contributed by atoms with E-state index in [1.807, 2.05) is 24.3 Å². The summed E-state index contributed by atoms with van der Waals surface area (Å²) >= 11 is 0. The third kappa shape index (κ3) is 4.96. The first kappa shape index (κ1) is 19.1. The second-order valence-corrected chi connectivity index (χ2v) is 8.38. The van der Waals surface area contributed by atoms with Crippen molar-refractivity contribution in [1.82, 2.24) is 15.6 Å². The fourth-order valence-electron chi connectivity index (χ4n) is 3.70. The number of rotatable bonds is 5. The smallest absolute Gasteiger partial charge is 0.292 e. The zero-order valence-electron chi connectivity index (χ0n) is 16.5. The number of hydrogen-bond donors (Lipinski definition) is 2. The van der Waals surface area contributed by atoms with E-state index in [1.54, 1.807) is 13.3 Å². The number of methoxy groups -OCH3 is 1. The van der Waals surface area contributed by atoms with Gasteiger partial charge in [-0.05, 0) is 66.8 Å². The second kappa shape index (κ2) is 7.94. The average Bonchev–Trinajstić information content (AvgIpc) is 3.04. The Morgan fingerprint density at radius 3 is 2.78 bits per heavy atom. The molecular formula is C21H28N4O2. The molecule has 1 aliphatic carbocycles. The quantitative estimate of drug-likeness (QED) is 0.623. The summed E-state index contributed by atoms with van der Waals surface area (Å²) in [7, 11) is 1.62. The molecule has 1 heterocycles. The van der Waals surface area contributed by atoms with Gasteiger partial charge >= 0.3 is 0 Å². The minimum Gasteiger partial charge on any atom is -0.497 e. The largest absolute Gasteiger partial charge is 0.497 e. The summed E-state index contributed by atoms with van der Waals surface area (Å²) in [5, 5.41) is 11.3. The van der Waals surface area contributed by atoms with E-state index in [0.29, 0.717) is 11.6 Å². The van der Waals surface area contributed by atoms with Gasteiger partial charge in [-0.3, -0.25) is 9.89 Å². The Hall–Kier alpha value is -2.63. The van der Waals surface area contributed by atoms with Crippen molar-refractivity contribution in [3.05, 3.63) is 46.8 Å². The molecule has 1 amide bonds. The number of aromatic amines is 1. The molecule has 0 bridgehead atoms. The summed E-state index contributed by atoms with van der Waals surface area (Å²) < 4.78 is 5.13. The Bertz CT molecular complexity index is 816. The maximum Gasteiger partial charge on any atom is 0.292 e. The standard InChI is InChI=1S/C21H28N4O2/c1-21(2,3)12-15-7-10-18-17(11-15)19(24-23-18)20(26)25-22-13-14-5-8-16(27-4)9-6-14/h5-6,8-9,13,15H,7,10-12H2,1-4H3,(H,23,24)(H,25,26)/b22-13-/t15-/m0/s1. The number of H-pyrrole nitrogens is 1. The van der Waals surface area contributed by atoms with Gasteiger partial charge in [-0.2, -0.15) is 10.2 Å². The predicted octanol–water partition coefficient (Wildman–Crippen LogP) is 3.72. The summed E-state index contributed by atoms with van der Waals surface area (Å²) in [5.74, 6) is 1.10. The van der Waals surface area contributed by atoms with Gasteiger partial charge in [0, 0.05) is 11.3 Å². The highest BCUT2D eigenvalue weighted by Crippen LogP contribution is 2.34. The minimum absolute atomic E-state index is 0.270. The number of nitrogens with one attached hydrogen (secondary N) is 2. The normalized spacial score (nSPS) is 17.0. The molecule has 0 saturated heterocycles. The molecule has 3 rings (SSSR count). The van der Waals surface area contributed by atoms with Gasteiger partial charge in [0.15, 0.2) is 5.69 Å². The first-order valence-corrected chi connectivity index (χ1v) is 9.39. The van der Waals surface area contributed by atoms with Crippen LogP contribution in [0.3, 0.4) is 0 Å². The van der Waals surface area contributed by atoms with Crippen molar-refractivity contribution < 1.29 is 9.53 Å². The molecule has 0 aliphatic heterocycles. The number of hydrazone groups is 1. The van der Waals surface area contributed by atoms with Gasteiger partial charge in [0.2, 0.25) is 0 Å². The highest BCUT2D eigenvalue weighted by Gasteiger charge is 2.28. The predicted molar refractivity (Wildman–Crippen MR) is 106 cm³/mol. The van der Waals surface area contributed by atoms with Crippen molar-refractivity contribution in [3.63, 3.8) is 0 Å². The number of amides is 1. The van der Waals surface area contributed by atoms with E-state index in [4.69, 9.17) is 4.74 Å². The lowest BCUT2D eigenvalue weighted by Gasteiger charge is -2.28. The lowest BCUT2D eigenvalue weighted by molar-refractivity contribution is 0.0948. The number of hydrogen-bond acceptors (Lipinski definition) is 4. The van der Waals surface area contributed by atoms with Crippen molar-refractivity contribution in [3.8, 4) is 5.75 Å². The lowest BCUT2D eigenvalue weighted by Crippen LogP contribution is -2.24. The van der Waals surface area contributed by atoms with E-state index in [1.165, 1.54) is 0 Å². The Morgan fingerprint density at radius 2 is 2.11 bits per heavy atom. The highest BCUT2D eigenvalue weighted by atomic mass is 16.5. The first-order valence-electron chi connectivity index (χ1n) is 9.39. The van der Waals surface area contributed by atoms with Gasteiger partial charge in [-0.15, -0.1) is 0 Å². The molecule has 1 atom stereocenters. The average molecular weight is 368 g/mol. The van der Waals surface area contributed by atoms with Crippen LogP contribution in [0.25, 0.3) is 0 Å². The van der Waals surface area contributed by atoms with E-state index < -0.39 is 0 Å². The van der Waals surface area contributed by atoms with E-state index >= 15 is 0 Å². The summed E-state index contributed by atoms with van der Waals surface area (Å²) in [4.78, 5) is 12.5. The molecular weight excluding hydrogens is 340 g/mol. The summed E-state index contributed by atoms with van der Waals surface area (Å²) in [6.07, 6.45) is 5.75. The lowest BCUT2D eigenvalue weighted by atomic mass is 9.76. The summed E-state index contributed by atoms with van der Waals surface area (Å²) in [6.45, 7) is 6.79. The zero-order chi connectivity index (χ0) is 19.4. The van der Waals surface area contributed by atoms with Gasteiger partial charge in [-0.25, -0.2) is 5.43 Å². The molecule has 0 fully saturated rings. The molecule has 0 saturated carbocycles. The van der Waals surface area contributed by atoms with Crippen molar-refractivity contribution in [2.75, 3.05) is 7.11 Å². The van der Waals surface area contributed by atoms with Gasteiger partial charge < -0.3 is 4.74 Å². The van der Waals surface area contributed by atoms with Crippen LogP contribution >= 0.6 is 0 Å². The van der Waals surface area contributed by atoms with Crippen molar-refractivity contribution >= 4 is 12.1 Å². The SMILES string of the molecule is COc1ccc(/C=N\NC(=O)c2n[nH]c3c2C[C@@H](CC(C)(C)C)CC3)cc1. The number of nitrogens with zero attached hydrogens (tertiary/aromatic N) is 2. The van der Waals surface area contributed by atoms with Crippen LogP contribution in [0.5, 0.6) is 5.75 Å². The van der Waals surface area contributed by atoms with Crippen LogP contribution in [0.4, 0.5) is 0 Å². The second-order valence-electron chi connectivity index (χ2n) is 8.38. The van der Waals surface area contributed by atoms with E-state index in [0.717, 1.165) is 48.3 Å². The van der Waals surface area contributed by atoms with Crippen LogP contribution in [-0.2, 0) is 12.8 Å². The molecule has 1 aromatic carbocycles. The van der Waals surface area contributed by atoms with Crippen molar-refractivity contribution in [1.29, 1.82) is 0 Å². The third-order valence-corrected chi connectivity index (χ3v) is 4.86. The number of aromatic nitrogens is 2. The van der Waals surface area contributed by atoms with Crippen LogP contribution < -0.4 is 10.2 Å². The highest BCUT2D eigenvalue weighted by molar-refractivity contribution is 5.94. The van der Waals surface area contributed by atoms with Crippen LogP contribution in [0.1, 0.15) is 60.9 Å². The molecule has 6 heteroatoms. The maximum atomic E-state index is 12.5. The number of carbonyl (C=O) groups excluding carboxylic acids is 1. The van der Waals surface area contributed by atoms with E-state index in [2.05, 4.69) is 41.5 Å². The van der Waals surface area contributed by atoms with Crippen LogP contribution in [0, 0.1) is 11.3 Å². The number of benzene rings is 1. The summed E-state index contributed by atoms with van der Waals surface area (Å²) in [6, 6.07) is 7.45. The first-order chi connectivity index (χ1) is 12.9. The maximum absolute atomic E-state index is 12.5. The summed E-state index contributed by atoms with van der Waals surface area (Å²) in [5.41, 5.74) is 6.37. The molecule has 27 heavy (non-hydrogen) atoms. The Labute approximate surface area is 160 Å². The zero-order valence-corrected chi connectivity index (χ0v) is 16.5. The Morgan fingerprint density at radius 1 is 1.37 bits per heavy atom. The molecule has 0 radical (unpaired) electrons. The molecule has 144 valence electrons. The fraction of sp³-hybridized carbons (Fsp3) is 0.476. The third-order valence-electron chi connectivity index (χ3n) is 4.86. The van der Waals surface area contributed by atoms with Gasteiger partial charge in [-0.1, -0.05) is 20.8 Å². The molecule has 1 aromatic heterocycles. The molecule has 0 unspecified atom stereocenters. The minimum atomic E-state index is -0.270. The molecule has 2 N–H and O–H groups in total. The Kier molecular flexibility index (Phi) is 5.63. The van der Waals surface area contributed by atoms with Crippen LogP contribution in [0.2, 0.25) is 0 Å². The van der Waals surface area contributed by atoms with Gasteiger partial charge in [0.25, 0.3) is 5.91 Å². The van der Waals surface area contributed by atoms with Crippen molar-refractivity contribution in [2.24, 2.45) is 16.4 Å². The molecule has 0 spiro atoms. The number of carbonyl (C=O) groups is 1. The number of ether oxygens (including phenoxy) is 1. The van der Waals surface area contributed by atoms with E-state index in [-0.39, 0.29) is 11.3 Å². The molecule has 1 aliphatic rings. The number of aryl methyl sites for hydroxylation is 1. The van der Waals surface area contributed by atoms with Gasteiger partial charge in [0.05, 0.1) is 13.3 Å². The molecule has 6 nitrogen and oxygen atoms in total. The van der Waals surface area contributed by atoms with Crippen LogP contribution in [0.15, 0.2) is 29.4 Å². The van der Waals surface area contributed by atoms with Crippen molar-refractivity contribution in [2.45, 2.75) is 46.5 Å².